The number of aryl methyl sites for hydroxylation is 2. The van der Waals surface area contributed by atoms with Crippen molar-refractivity contribution in [1.82, 2.24) is 9.80 Å². The quantitative estimate of drug-likeness (QED) is 0.827. The van der Waals surface area contributed by atoms with Gasteiger partial charge in [-0.05, 0) is 55.8 Å². The van der Waals surface area contributed by atoms with Crippen molar-refractivity contribution in [2.75, 3.05) is 32.0 Å². The number of likely N-dealkylation sites (tertiary alicyclic amines) is 1. The first kappa shape index (κ1) is 19.6. The number of nitrogens with one attached hydrogen (secondary N) is 1. The predicted octanol–water partition coefficient (Wildman–Crippen LogP) is 3.60. The smallest absolute Gasteiger partial charge is 0.243 e. The second-order valence-electron chi connectivity index (χ2n) is 7.21. The topological polar surface area (TPSA) is 52.7 Å². The van der Waals surface area contributed by atoms with E-state index in [2.05, 4.69) is 27.7 Å². The number of nitrogens with zero attached hydrogens (tertiary/aromatic N) is 2. The van der Waals surface area contributed by atoms with Crippen molar-refractivity contribution in [2.45, 2.75) is 32.7 Å². The molecular formula is C21H27N3O2S. The van der Waals surface area contributed by atoms with Crippen LogP contribution in [0.2, 0.25) is 0 Å². The molecule has 6 heteroatoms. The standard InChI is InChI=1S/C21H27N3O2S/c1-15-7-4-8-16(2)21(15)22-19(25)13-23(3)20(26)14-24-11-5-9-17(24)18-10-6-12-27-18/h4,6-8,10,12,17H,5,9,11,13-14H2,1-3H3,(H,22,25)/t17-/m1/s1. The van der Waals surface area contributed by atoms with Gasteiger partial charge in [-0.25, -0.2) is 0 Å². The lowest BCUT2D eigenvalue weighted by atomic mass is 10.1. The van der Waals surface area contributed by atoms with Crippen molar-refractivity contribution in [2.24, 2.45) is 0 Å². The van der Waals surface area contributed by atoms with Crippen LogP contribution in [0.4, 0.5) is 5.69 Å². The first-order valence-corrected chi connectivity index (χ1v) is 10.2. The molecule has 2 aromatic rings. The molecule has 1 aliphatic rings. The minimum atomic E-state index is -0.167. The van der Waals surface area contributed by atoms with Crippen molar-refractivity contribution >= 4 is 28.8 Å². The Hall–Kier alpha value is -2.18. The van der Waals surface area contributed by atoms with E-state index in [-0.39, 0.29) is 18.4 Å². The Bertz CT molecular complexity index is 784. The van der Waals surface area contributed by atoms with Crippen molar-refractivity contribution in [1.29, 1.82) is 0 Å². The molecule has 0 bridgehead atoms. The summed E-state index contributed by atoms with van der Waals surface area (Å²) in [7, 11) is 1.70. The fourth-order valence-corrected chi connectivity index (χ4v) is 4.50. The third kappa shape index (κ3) is 4.76. The maximum Gasteiger partial charge on any atom is 0.243 e. The number of rotatable bonds is 6. The van der Waals surface area contributed by atoms with Gasteiger partial charge in [-0.1, -0.05) is 24.3 Å². The molecule has 0 radical (unpaired) electrons. The van der Waals surface area contributed by atoms with Gasteiger partial charge in [-0.2, -0.15) is 0 Å². The molecular weight excluding hydrogens is 358 g/mol. The van der Waals surface area contributed by atoms with E-state index in [0.29, 0.717) is 12.6 Å². The summed E-state index contributed by atoms with van der Waals surface area (Å²) < 4.78 is 0. The number of carbonyl (C=O) groups excluding carboxylic acids is 2. The molecule has 3 rings (SSSR count). The third-order valence-electron chi connectivity index (χ3n) is 5.13. The molecule has 1 aromatic carbocycles. The predicted molar refractivity (Wildman–Crippen MR) is 110 cm³/mol. The van der Waals surface area contributed by atoms with E-state index in [1.54, 1.807) is 18.4 Å². The van der Waals surface area contributed by atoms with Crippen molar-refractivity contribution < 1.29 is 9.59 Å². The molecule has 27 heavy (non-hydrogen) atoms. The van der Waals surface area contributed by atoms with Gasteiger partial charge in [0.05, 0.1) is 13.1 Å². The van der Waals surface area contributed by atoms with Crippen LogP contribution in [0.15, 0.2) is 35.7 Å². The van der Waals surface area contributed by atoms with Gasteiger partial charge in [0, 0.05) is 23.7 Å². The molecule has 5 nitrogen and oxygen atoms in total. The van der Waals surface area contributed by atoms with Gasteiger partial charge in [0.2, 0.25) is 11.8 Å². The highest BCUT2D eigenvalue weighted by Crippen LogP contribution is 2.34. The van der Waals surface area contributed by atoms with Crippen LogP contribution in [0.25, 0.3) is 0 Å². The SMILES string of the molecule is Cc1cccc(C)c1NC(=O)CN(C)C(=O)CN1CCC[C@@H]1c1cccs1. The lowest BCUT2D eigenvalue weighted by Crippen LogP contribution is -2.41. The summed E-state index contributed by atoms with van der Waals surface area (Å²) in [5, 5.41) is 5.03. The van der Waals surface area contributed by atoms with Gasteiger partial charge in [0.15, 0.2) is 0 Å². The van der Waals surface area contributed by atoms with E-state index < -0.39 is 0 Å². The van der Waals surface area contributed by atoms with Crippen molar-refractivity contribution in [3.63, 3.8) is 0 Å². The molecule has 2 amide bonds. The average Bonchev–Trinajstić information content (AvgIpc) is 3.29. The fourth-order valence-electron chi connectivity index (χ4n) is 3.61. The van der Waals surface area contributed by atoms with Crippen LogP contribution < -0.4 is 5.32 Å². The van der Waals surface area contributed by atoms with E-state index in [1.807, 2.05) is 32.0 Å². The van der Waals surface area contributed by atoms with Gasteiger partial charge in [-0.15, -0.1) is 11.3 Å². The highest BCUT2D eigenvalue weighted by molar-refractivity contribution is 7.10. The molecule has 1 atom stereocenters. The largest absolute Gasteiger partial charge is 0.335 e. The number of benzene rings is 1. The Balaban J connectivity index is 1.55. The fraction of sp³-hybridized carbons (Fsp3) is 0.429. The van der Waals surface area contributed by atoms with E-state index in [9.17, 15) is 9.59 Å². The normalized spacial score (nSPS) is 17.1. The first-order chi connectivity index (χ1) is 13.0. The molecule has 1 aliphatic heterocycles. The van der Waals surface area contributed by atoms with Crippen LogP contribution in [0.1, 0.15) is 34.9 Å². The van der Waals surface area contributed by atoms with E-state index in [0.717, 1.165) is 36.2 Å². The number of hydrogen-bond donors (Lipinski definition) is 1. The highest BCUT2D eigenvalue weighted by atomic mass is 32.1. The van der Waals surface area contributed by atoms with Crippen LogP contribution in [0.3, 0.4) is 0 Å². The third-order valence-corrected chi connectivity index (χ3v) is 6.10. The summed E-state index contributed by atoms with van der Waals surface area (Å²) in [4.78, 5) is 30.1. The molecule has 0 spiro atoms. The van der Waals surface area contributed by atoms with Gasteiger partial charge in [0.1, 0.15) is 0 Å². The molecule has 0 aliphatic carbocycles. The monoisotopic (exact) mass is 385 g/mol. The number of thiophene rings is 1. The maximum absolute atomic E-state index is 12.6. The van der Waals surface area contributed by atoms with Gasteiger partial charge in [0.25, 0.3) is 0 Å². The van der Waals surface area contributed by atoms with Crippen LogP contribution in [-0.4, -0.2) is 48.3 Å². The van der Waals surface area contributed by atoms with E-state index in [1.165, 1.54) is 9.78 Å². The zero-order chi connectivity index (χ0) is 19.4. The Morgan fingerprint density at radius 1 is 1.22 bits per heavy atom. The van der Waals surface area contributed by atoms with Gasteiger partial charge in [-0.3, -0.25) is 14.5 Å². The number of carbonyl (C=O) groups is 2. The van der Waals surface area contributed by atoms with Crippen LogP contribution in [-0.2, 0) is 9.59 Å². The van der Waals surface area contributed by atoms with Crippen molar-refractivity contribution in [3.8, 4) is 0 Å². The molecule has 1 N–H and O–H groups in total. The average molecular weight is 386 g/mol. The lowest BCUT2D eigenvalue weighted by molar-refractivity contribution is -0.134. The Morgan fingerprint density at radius 2 is 1.96 bits per heavy atom. The van der Waals surface area contributed by atoms with E-state index in [4.69, 9.17) is 0 Å². The Labute approximate surface area is 165 Å². The number of anilines is 1. The number of hydrogen-bond acceptors (Lipinski definition) is 4. The summed E-state index contributed by atoms with van der Waals surface area (Å²) in [6.45, 7) is 5.28. The molecule has 0 saturated carbocycles. The summed E-state index contributed by atoms with van der Waals surface area (Å²) in [5.74, 6) is -0.186. The van der Waals surface area contributed by atoms with Crippen LogP contribution in [0, 0.1) is 13.8 Å². The second-order valence-corrected chi connectivity index (χ2v) is 8.19. The lowest BCUT2D eigenvalue weighted by Gasteiger charge is -2.26. The second kappa shape index (κ2) is 8.67. The molecule has 0 unspecified atom stereocenters. The molecule has 1 saturated heterocycles. The van der Waals surface area contributed by atoms with Gasteiger partial charge < -0.3 is 10.2 Å². The Kier molecular flexibility index (Phi) is 6.29. The molecule has 2 heterocycles. The summed E-state index contributed by atoms with van der Waals surface area (Å²) in [6.07, 6.45) is 2.19. The zero-order valence-corrected chi connectivity index (χ0v) is 17.0. The van der Waals surface area contributed by atoms with Crippen LogP contribution >= 0.6 is 11.3 Å². The highest BCUT2D eigenvalue weighted by Gasteiger charge is 2.29. The minimum absolute atomic E-state index is 0.0184. The maximum atomic E-state index is 12.6. The minimum Gasteiger partial charge on any atom is -0.335 e. The summed E-state index contributed by atoms with van der Waals surface area (Å²) in [6, 6.07) is 10.4. The first-order valence-electron chi connectivity index (χ1n) is 9.33. The number of amides is 2. The zero-order valence-electron chi connectivity index (χ0n) is 16.2. The Morgan fingerprint density at radius 3 is 2.63 bits per heavy atom. The summed E-state index contributed by atoms with van der Waals surface area (Å²) in [5.41, 5.74) is 2.88. The van der Waals surface area contributed by atoms with Crippen molar-refractivity contribution in [3.05, 3.63) is 51.7 Å². The summed E-state index contributed by atoms with van der Waals surface area (Å²) >= 11 is 1.74. The van der Waals surface area contributed by atoms with Gasteiger partial charge >= 0.3 is 0 Å². The number of para-hydroxylation sites is 1. The molecule has 1 aromatic heterocycles. The molecule has 1 fully saturated rings. The van der Waals surface area contributed by atoms with Crippen LogP contribution in [0.5, 0.6) is 0 Å². The van der Waals surface area contributed by atoms with E-state index >= 15 is 0 Å². The molecule has 144 valence electrons. The number of likely N-dealkylation sites (N-methyl/N-ethyl adjacent to an activating group) is 1.